The van der Waals surface area contributed by atoms with E-state index in [1.165, 1.54) is 45.1 Å². The first-order valence-corrected chi connectivity index (χ1v) is 9.54. The summed E-state index contributed by atoms with van der Waals surface area (Å²) in [4.78, 5) is 36.5. The minimum Gasteiger partial charge on any atom is -0.493 e. The maximum Gasteiger partial charge on any atom is 0.295 e. The summed E-state index contributed by atoms with van der Waals surface area (Å²) in [5.74, 6) is 0.551. The molecule has 0 radical (unpaired) electrons. The van der Waals surface area contributed by atoms with Crippen LogP contribution in [0.3, 0.4) is 0 Å². The fourth-order valence-electron chi connectivity index (χ4n) is 2.54. The summed E-state index contributed by atoms with van der Waals surface area (Å²) in [5, 5.41) is 7.42. The molecule has 2 amide bonds. The smallest absolute Gasteiger partial charge is 0.295 e. The molecule has 30 heavy (non-hydrogen) atoms. The van der Waals surface area contributed by atoms with Crippen molar-refractivity contribution < 1.29 is 23.8 Å². The molecule has 2 aromatic heterocycles. The summed E-state index contributed by atoms with van der Waals surface area (Å²) >= 11 is 1.20. The summed E-state index contributed by atoms with van der Waals surface area (Å²) in [5.41, 5.74) is 0.994. The lowest BCUT2D eigenvalue weighted by atomic mass is 10.2. The lowest BCUT2D eigenvalue weighted by Crippen LogP contribution is -2.16. The van der Waals surface area contributed by atoms with Crippen molar-refractivity contribution in [3.8, 4) is 17.2 Å². The standard InChI is InChI=1S/C19H19N5O5S/c1-27-13-7-11(8-14(28-2)16(13)29-3)22-15(25)9-12-10-30-19(23-12)24-18(26)17-20-5-4-6-21-17/h4-8,10H,9H2,1-3H3,(H,22,25)(H,23,24,26). The number of hydrogen-bond acceptors (Lipinski definition) is 9. The minimum atomic E-state index is -0.474. The molecular formula is C19H19N5O5S. The number of hydrogen-bond donors (Lipinski definition) is 2. The molecule has 156 valence electrons. The maximum atomic E-state index is 12.4. The van der Waals surface area contributed by atoms with Crippen LogP contribution in [-0.2, 0) is 11.2 Å². The first-order chi connectivity index (χ1) is 14.5. The number of amides is 2. The zero-order chi connectivity index (χ0) is 21.5. The Balaban J connectivity index is 1.64. The van der Waals surface area contributed by atoms with Crippen LogP contribution in [0.5, 0.6) is 17.2 Å². The molecule has 2 heterocycles. The van der Waals surface area contributed by atoms with Gasteiger partial charge in [-0.15, -0.1) is 11.3 Å². The summed E-state index contributed by atoms with van der Waals surface area (Å²) in [6.45, 7) is 0. The van der Waals surface area contributed by atoms with Crippen molar-refractivity contribution >= 4 is 34.0 Å². The molecule has 3 aromatic rings. The first-order valence-electron chi connectivity index (χ1n) is 8.66. The lowest BCUT2D eigenvalue weighted by molar-refractivity contribution is -0.115. The van der Waals surface area contributed by atoms with E-state index in [4.69, 9.17) is 14.2 Å². The average Bonchev–Trinajstić information content (AvgIpc) is 3.19. The van der Waals surface area contributed by atoms with Crippen molar-refractivity contribution in [1.29, 1.82) is 0 Å². The Bertz CT molecular complexity index is 1020. The topological polar surface area (TPSA) is 125 Å². The van der Waals surface area contributed by atoms with Crippen LogP contribution in [0, 0.1) is 0 Å². The van der Waals surface area contributed by atoms with Gasteiger partial charge in [0.1, 0.15) is 0 Å². The number of anilines is 2. The molecule has 0 unspecified atom stereocenters. The number of benzene rings is 1. The number of methoxy groups -OCH3 is 3. The van der Waals surface area contributed by atoms with Gasteiger partial charge < -0.3 is 19.5 Å². The van der Waals surface area contributed by atoms with E-state index in [0.29, 0.717) is 33.8 Å². The van der Waals surface area contributed by atoms with Gasteiger partial charge in [0.2, 0.25) is 17.5 Å². The monoisotopic (exact) mass is 429 g/mol. The molecule has 0 saturated carbocycles. The number of nitrogens with one attached hydrogen (secondary N) is 2. The van der Waals surface area contributed by atoms with Gasteiger partial charge in [-0.25, -0.2) is 15.0 Å². The van der Waals surface area contributed by atoms with Gasteiger partial charge in [0.15, 0.2) is 16.6 Å². The zero-order valence-electron chi connectivity index (χ0n) is 16.5. The van der Waals surface area contributed by atoms with E-state index >= 15 is 0 Å². The summed E-state index contributed by atoms with van der Waals surface area (Å²) in [6.07, 6.45) is 2.97. The number of thiazole rings is 1. The number of aromatic nitrogens is 3. The molecule has 10 nitrogen and oxygen atoms in total. The highest BCUT2D eigenvalue weighted by Crippen LogP contribution is 2.39. The van der Waals surface area contributed by atoms with Crippen molar-refractivity contribution in [3.63, 3.8) is 0 Å². The summed E-state index contributed by atoms with van der Waals surface area (Å²) in [6, 6.07) is 4.88. The van der Waals surface area contributed by atoms with Crippen molar-refractivity contribution in [2.45, 2.75) is 6.42 Å². The van der Waals surface area contributed by atoms with E-state index in [1.807, 2.05) is 0 Å². The van der Waals surface area contributed by atoms with E-state index in [1.54, 1.807) is 23.6 Å². The number of nitrogens with zero attached hydrogens (tertiary/aromatic N) is 3. The molecule has 0 spiro atoms. The van der Waals surface area contributed by atoms with E-state index < -0.39 is 5.91 Å². The Morgan fingerprint density at radius 2 is 1.67 bits per heavy atom. The first kappa shape index (κ1) is 21.0. The Kier molecular flexibility index (Phi) is 6.75. The predicted molar refractivity (Wildman–Crippen MR) is 111 cm³/mol. The van der Waals surface area contributed by atoms with Gasteiger partial charge in [0.25, 0.3) is 5.91 Å². The zero-order valence-corrected chi connectivity index (χ0v) is 17.3. The summed E-state index contributed by atoms with van der Waals surface area (Å²) < 4.78 is 15.8. The van der Waals surface area contributed by atoms with Crippen LogP contribution in [0.25, 0.3) is 0 Å². The predicted octanol–water partition coefficient (Wildman–Crippen LogP) is 2.39. The number of carbonyl (C=O) groups is 2. The molecule has 0 atom stereocenters. The van der Waals surface area contributed by atoms with E-state index in [-0.39, 0.29) is 18.2 Å². The highest BCUT2D eigenvalue weighted by atomic mass is 32.1. The second kappa shape index (κ2) is 9.65. The third-order valence-electron chi connectivity index (χ3n) is 3.83. The molecule has 0 aliphatic heterocycles. The van der Waals surface area contributed by atoms with Crippen LogP contribution >= 0.6 is 11.3 Å². The molecule has 0 fully saturated rings. The van der Waals surface area contributed by atoms with Crippen molar-refractivity contribution in [1.82, 2.24) is 15.0 Å². The van der Waals surface area contributed by atoms with E-state index in [2.05, 4.69) is 25.6 Å². The Morgan fingerprint density at radius 3 is 2.27 bits per heavy atom. The average molecular weight is 429 g/mol. The van der Waals surface area contributed by atoms with Crippen LogP contribution in [0.1, 0.15) is 16.3 Å². The highest BCUT2D eigenvalue weighted by molar-refractivity contribution is 7.14. The third-order valence-corrected chi connectivity index (χ3v) is 4.64. The van der Waals surface area contributed by atoms with Crippen LogP contribution in [-0.4, -0.2) is 48.1 Å². The highest BCUT2D eigenvalue weighted by Gasteiger charge is 2.16. The number of carbonyl (C=O) groups excluding carboxylic acids is 2. The molecule has 3 rings (SSSR count). The fourth-order valence-corrected chi connectivity index (χ4v) is 3.24. The second-order valence-electron chi connectivity index (χ2n) is 5.81. The fraction of sp³-hybridized carbons (Fsp3) is 0.211. The van der Waals surface area contributed by atoms with Gasteiger partial charge in [-0.2, -0.15) is 0 Å². The molecule has 0 aliphatic rings. The van der Waals surface area contributed by atoms with Gasteiger partial charge in [-0.05, 0) is 6.07 Å². The van der Waals surface area contributed by atoms with Gasteiger partial charge in [-0.3, -0.25) is 14.9 Å². The minimum absolute atomic E-state index is 0.0187. The molecular weight excluding hydrogens is 410 g/mol. The molecule has 2 N–H and O–H groups in total. The second-order valence-corrected chi connectivity index (χ2v) is 6.67. The lowest BCUT2D eigenvalue weighted by Gasteiger charge is -2.14. The van der Waals surface area contributed by atoms with Gasteiger partial charge in [-0.1, -0.05) is 0 Å². The van der Waals surface area contributed by atoms with Crippen LogP contribution in [0.4, 0.5) is 10.8 Å². The number of rotatable bonds is 8. The third kappa shape index (κ3) is 5.00. The molecule has 0 aliphatic carbocycles. The van der Waals surface area contributed by atoms with Crippen LogP contribution < -0.4 is 24.8 Å². The Morgan fingerprint density at radius 1 is 1.00 bits per heavy atom. The summed E-state index contributed by atoms with van der Waals surface area (Å²) in [7, 11) is 4.49. The molecule has 0 saturated heterocycles. The van der Waals surface area contributed by atoms with Crippen LogP contribution in [0.15, 0.2) is 36.0 Å². The normalized spacial score (nSPS) is 10.2. The van der Waals surface area contributed by atoms with E-state index in [9.17, 15) is 9.59 Å². The van der Waals surface area contributed by atoms with Gasteiger partial charge in [0.05, 0.1) is 33.4 Å². The van der Waals surface area contributed by atoms with Gasteiger partial charge >= 0.3 is 0 Å². The Labute approximate surface area is 176 Å². The van der Waals surface area contributed by atoms with Crippen molar-refractivity contribution in [2.24, 2.45) is 0 Å². The van der Waals surface area contributed by atoms with Crippen molar-refractivity contribution in [2.75, 3.05) is 32.0 Å². The quantitative estimate of drug-likeness (QED) is 0.559. The molecule has 11 heteroatoms. The van der Waals surface area contributed by atoms with Crippen molar-refractivity contribution in [3.05, 3.63) is 47.5 Å². The largest absolute Gasteiger partial charge is 0.493 e. The number of ether oxygens (including phenoxy) is 3. The van der Waals surface area contributed by atoms with Crippen LogP contribution in [0.2, 0.25) is 0 Å². The van der Waals surface area contributed by atoms with E-state index in [0.717, 1.165) is 0 Å². The Hall–Kier alpha value is -3.73. The van der Waals surface area contributed by atoms with Gasteiger partial charge in [0, 0.05) is 35.6 Å². The molecule has 0 bridgehead atoms. The molecule has 1 aromatic carbocycles. The maximum absolute atomic E-state index is 12.4. The SMILES string of the molecule is COc1cc(NC(=O)Cc2csc(NC(=O)c3ncccn3)n2)cc(OC)c1OC.